The van der Waals surface area contributed by atoms with Crippen LogP contribution < -0.4 is 5.32 Å². The van der Waals surface area contributed by atoms with E-state index in [1.807, 2.05) is 4.68 Å². The lowest BCUT2D eigenvalue weighted by atomic mass is 10.1. The van der Waals surface area contributed by atoms with Gasteiger partial charge in [0.2, 0.25) is 0 Å². The highest BCUT2D eigenvalue weighted by Gasteiger charge is 2.03. The van der Waals surface area contributed by atoms with Crippen molar-refractivity contribution in [3.8, 4) is 0 Å². The summed E-state index contributed by atoms with van der Waals surface area (Å²) in [6, 6.07) is 8.81. The van der Waals surface area contributed by atoms with E-state index in [4.69, 9.17) is 0 Å². The van der Waals surface area contributed by atoms with Crippen molar-refractivity contribution < 1.29 is 0 Å². The van der Waals surface area contributed by atoms with Crippen molar-refractivity contribution in [3.05, 3.63) is 47.5 Å². The standard InChI is InChI=1S/C14H20N4/c1-11(2)15-8-14-16-10-18(17-14)9-13-7-5-4-6-12(13)3/h4-7,10-11,15H,8-9H2,1-3H3. The molecule has 1 heterocycles. The van der Waals surface area contributed by atoms with Gasteiger partial charge in [-0.15, -0.1) is 0 Å². The van der Waals surface area contributed by atoms with E-state index in [-0.39, 0.29) is 0 Å². The highest BCUT2D eigenvalue weighted by molar-refractivity contribution is 5.25. The number of nitrogens with zero attached hydrogens (tertiary/aromatic N) is 3. The maximum absolute atomic E-state index is 4.46. The molecule has 0 bridgehead atoms. The number of nitrogens with one attached hydrogen (secondary N) is 1. The van der Waals surface area contributed by atoms with Crippen LogP contribution in [-0.2, 0) is 13.1 Å². The third kappa shape index (κ3) is 3.40. The summed E-state index contributed by atoms with van der Waals surface area (Å²) < 4.78 is 1.89. The molecule has 4 heteroatoms. The maximum atomic E-state index is 4.46. The van der Waals surface area contributed by atoms with Crippen molar-refractivity contribution in [1.82, 2.24) is 20.1 Å². The summed E-state index contributed by atoms with van der Waals surface area (Å²) in [5, 5.41) is 7.77. The molecule has 0 saturated carbocycles. The number of aryl methyl sites for hydroxylation is 1. The van der Waals surface area contributed by atoms with Gasteiger partial charge in [-0.1, -0.05) is 38.1 Å². The summed E-state index contributed by atoms with van der Waals surface area (Å²) in [6.45, 7) is 7.85. The molecular formula is C14H20N4. The van der Waals surface area contributed by atoms with Crippen LogP contribution >= 0.6 is 0 Å². The number of rotatable bonds is 5. The molecule has 0 aliphatic rings. The second-order valence-electron chi connectivity index (χ2n) is 4.82. The SMILES string of the molecule is Cc1ccccc1Cn1cnc(CNC(C)C)n1. The molecule has 2 rings (SSSR count). The zero-order chi connectivity index (χ0) is 13.0. The average Bonchev–Trinajstić information content (AvgIpc) is 2.77. The van der Waals surface area contributed by atoms with Crippen molar-refractivity contribution in [3.63, 3.8) is 0 Å². The third-order valence-corrected chi connectivity index (χ3v) is 2.85. The highest BCUT2D eigenvalue weighted by atomic mass is 15.3. The Labute approximate surface area is 108 Å². The minimum absolute atomic E-state index is 0.452. The van der Waals surface area contributed by atoms with E-state index < -0.39 is 0 Å². The third-order valence-electron chi connectivity index (χ3n) is 2.85. The lowest BCUT2D eigenvalue weighted by Gasteiger charge is -2.05. The Morgan fingerprint density at radius 3 is 2.78 bits per heavy atom. The normalized spacial score (nSPS) is 11.1. The molecule has 0 spiro atoms. The number of hydrogen-bond donors (Lipinski definition) is 1. The minimum Gasteiger partial charge on any atom is -0.308 e. The summed E-state index contributed by atoms with van der Waals surface area (Å²) in [6.07, 6.45) is 1.80. The average molecular weight is 244 g/mol. The van der Waals surface area contributed by atoms with Crippen molar-refractivity contribution in [2.24, 2.45) is 0 Å². The quantitative estimate of drug-likeness (QED) is 0.876. The summed E-state index contributed by atoms with van der Waals surface area (Å²) in [5.41, 5.74) is 2.57. The van der Waals surface area contributed by atoms with Gasteiger partial charge in [0, 0.05) is 6.04 Å². The van der Waals surface area contributed by atoms with Gasteiger partial charge in [0.05, 0.1) is 13.1 Å². The lowest BCUT2D eigenvalue weighted by molar-refractivity contribution is 0.565. The Balaban J connectivity index is 2.00. The fourth-order valence-corrected chi connectivity index (χ4v) is 1.75. The van der Waals surface area contributed by atoms with Gasteiger partial charge >= 0.3 is 0 Å². The summed E-state index contributed by atoms with van der Waals surface area (Å²) in [7, 11) is 0. The molecule has 0 amide bonds. The molecule has 0 saturated heterocycles. The van der Waals surface area contributed by atoms with Gasteiger partial charge in [-0.2, -0.15) is 5.10 Å². The summed E-state index contributed by atoms with van der Waals surface area (Å²) in [4.78, 5) is 4.30. The summed E-state index contributed by atoms with van der Waals surface area (Å²) >= 11 is 0. The van der Waals surface area contributed by atoms with Gasteiger partial charge in [-0.3, -0.25) is 0 Å². The van der Waals surface area contributed by atoms with Gasteiger partial charge < -0.3 is 5.32 Å². The molecular weight excluding hydrogens is 224 g/mol. The van der Waals surface area contributed by atoms with Gasteiger partial charge in [-0.25, -0.2) is 9.67 Å². The zero-order valence-electron chi connectivity index (χ0n) is 11.2. The van der Waals surface area contributed by atoms with E-state index in [2.05, 4.69) is 60.4 Å². The topological polar surface area (TPSA) is 42.7 Å². The van der Waals surface area contributed by atoms with Gasteiger partial charge in [0.1, 0.15) is 6.33 Å². The van der Waals surface area contributed by atoms with Crippen LogP contribution in [0.3, 0.4) is 0 Å². The molecule has 2 aromatic rings. The van der Waals surface area contributed by atoms with Crippen LogP contribution in [0.15, 0.2) is 30.6 Å². The van der Waals surface area contributed by atoms with Crippen LogP contribution in [-0.4, -0.2) is 20.8 Å². The molecule has 18 heavy (non-hydrogen) atoms. The van der Waals surface area contributed by atoms with Crippen molar-refractivity contribution in [1.29, 1.82) is 0 Å². The molecule has 96 valence electrons. The first-order valence-electron chi connectivity index (χ1n) is 6.31. The minimum atomic E-state index is 0.452. The fourth-order valence-electron chi connectivity index (χ4n) is 1.75. The Bertz CT molecular complexity index is 502. The Hall–Kier alpha value is -1.68. The van der Waals surface area contributed by atoms with Gasteiger partial charge in [0.15, 0.2) is 5.82 Å². The fraction of sp³-hybridized carbons (Fsp3) is 0.429. The van der Waals surface area contributed by atoms with Gasteiger partial charge in [-0.05, 0) is 18.1 Å². The predicted octanol–water partition coefficient (Wildman–Crippen LogP) is 2.13. The van der Waals surface area contributed by atoms with E-state index in [1.54, 1.807) is 6.33 Å². The lowest BCUT2D eigenvalue weighted by Crippen LogP contribution is -2.22. The smallest absolute Gasteiger partial charge is 0.164 e. The molecule has 0 aliphatic heterocycles. The van der Waals surface area contributed by atoms with Crippen LogP contribution in [0.1, 0.15) is 30.8 Å². The Morgan fingerprint density at radius 2 is 2.06 bits per heavy atom. The van der Waals surface area contributed by atoms with E-state index in [0.29, 0.717) is 6.04 Å². The van der Waals surface area contributed by atoms with Crippen LogP contribution in [0.5, 0.6) is 0 Å². The molecule has 0 unspecified atom stereocenters. The van der Waals surface area contributed by atoms with Crippen molar-refractivity contribution >= 4 is 0 Å². The van der Waals surface area contributed by atoms with Crippen LogP contribution in [0.25, 0.3) is 0 Å². The number of aromatic nitrogens is 3. The van der Waals surface area contributed by atoms with E-state index in [0.717, 1.165) is 18.9 Å². The molecule has 1 aromatic carbocycles. The van der Waals surface area contributed by atoms with E-state index in [1.165, 1.54) is 11.1 Å². The number of benzene rings is 1. The second-order valence-corrected chi connectivity index (χ2v) is 4.82. The molecule has 0 atom stereocenters. The van der Waals surface area contributed by atoms with Crippen LogP contribution in [0.2, 0.25) is 0 Å². The second kappa shape index (κ2) is 5.78. The molecule has 4 nitrogen and oxygen atoms in total. The number of hydrogen-bond acceptors (Lipinski definition) is 3. The first kappa shape index (κ1) is 12.8. The van der Waals surface area contributed by atoms with Crippen LogP contribution in [0, 0.1) is 6.92 Å². The zero-order valence-corrected chi connectivity index (χ0v) is 11.2. The summed E-state index contributed by atoms with van der Waals surface area (Å²) in [5.74, 6) is 0.845. The van der Waals surface area contributed by atoms with E-state index in [9.17, 15) is 0 Å². The molecule has 1 N–H and O–H groups in total. The van der Waals surface area contributed by atoms with Crippen molar-refractivity contribution in [2.75, 3.05) is 0 Å². The molecule has 0 aliphatic carbocycles. The first-order valence-corrected chi connectivity index (χ1v) is 6.31. The maximum Gasteiger partial charge on any atom is 0.164 e. The Kier molecular flexibility index (Phi) is 4.10. The molecule has 1 aromatic heterocycles. The largest absolute Gasteiger partial charge is 0.308 e. The molecule has 0 radical (unpaired) electrons. The Morgan fingerprint density at radius 1 is 1.28 bits per heavy atom. The predicted molar refractivity (Wildman–Crippen MR) is 72.3 cm³/mol. The monoisotopic (exact) mass is 244 g/mol. The van der Waals surface area contributed by atoms with Gasteiger partial charge in [0.25, 0.3) is 0 Å². The first-order chi connectivity index (χ1) is 8.65. The highest BCUT2D eigenvalue weighted by Crippen LogP contribution is 2.08. The van der Waals surface area contributed by atoms with E-state index >= 15 is 0 Å². The van der Waals surface area contributed by atoms with Crippen molar-refractivity contribution in [2.45, 2.75) is 39.9 Å². The molecule has 0 fully saturated rings. The van der Waals surface area contributed by atoms with Crippen LogP contribution in [0.4, 0.5) is 0 Å².